The molecule has 0 saturated carbocycles. The number of nitrogens with zero attached hydrogens (tertiary/aromatic N) is 5. The van der Waals surface area contributed by atoms with Crippen molar-refractivity contribution in [3.05, 3.63) is 64.7 Å². The van der Waals surface area contributed by atoms with Crippen LogP contribution in [0.5, 0.6) is 0 Å². The average Bonchev–Trinajstić information content (AvgIpc) is 2.85. The summed E-state index contributed by atoms with van der Waals surface area (Å²) in [5.74, 6) is 0.375. The number of amides is 2. The van der Waals surface area contributed by atoms with Crippen LogP contribution in [0.1, 0.15) is 31.3 Å². The van der Waals surface area contributed by atoms with E-state index in [0.29, 0.717) is 47.6 Å². The van der Waals surface area contributed by atoms with Gasteiger partial charge in [0, 0.05) is 31.7 Å². The normalized spacial score (nSPS) is 13.9. The number of piperazine rings is 1. The van der Waals surface area contributed by atoms with Gasteiger partial charge in [0.25, 0.3) is 5.91 Å². The number of pyridine rings is 1. The number of benzene rings is 1. The van der Waals surface area contributed by atoms with E-state index in [2.05, 4.69) is 25.2 Å². The van der Waals surface area contributed by atoms with Gasteiger partial charge in [0.05, 0.1) is 27.6 Å². The topological polar surface area (TPSA) is 101 Å². The number of ether oxygens (including phenoxy) is 1. The van der Waals surface area contributed by atoms with Crippen LogP contribution in [0.2, 0.25) is 10.0 Å². The molecule has 2 aromatic heterocycles. The minimum atomic E-state index is -0.521. The zero-order valence-electron chi connectivity index (χ0n) is 20.2. The van der Waals surface area contributed by atoms with Crippen LogP contribution in [0.4, 0.5) is 16.3 Å². The highest BCUT2D eigenvalue weighted by Gasteiger charge is 2.26. The molecule has 188 valence electrons. The lowest BCUT2D eigenvalue weighted by molar-refractivity contribution is 0.0240. The molecule has 0 unspecified atom stereocenters. The van der Waals surface area contributed by atoms with Crippen molar-refractivity contribution >= 4 is 46.7 Å². The zero-order chi connectivity index (χ0) is 25.9. The molecule has 1 aliphatic heterocycles. The number of halogens is 2. The number of anilines is 2. The number of nitrogens with one attached hydrogen (secondary N) is 1. The molecule has 11 heteroatoms. The molecule has 1 aliphatic rings. The molecule has 1 fully saturated rings. The number of carbonyl (C=O) groups excluding carboxylic acids is 2. The average molecular weight is 529 g/mol. The maximum absolute atomic E-state index is 12.8. The summed E-state index contributed by atoms with van der Waals surface area (Å²) in [6.45, 7) is 7.92. The lowest BCUT2D eigenvalue weighted by Crippen LogP contribution is -2.50. The van der Waals surface area contributed by atoms with Crippen LogP contribution >= 0.6 is 23.2 Å². The predicted molar refractivity (Wildman–Crippen MR) is 140 cm³/mol. The predicted octanol–water partition coefficient (Wildman–Crippen LogP) is 5.15. The van der Waals surface area contributed by atoms with Gasteiger partial charge in [-0.2, -0.15) is 0 Å². The highest BCUT2D eigenvalue weighted by Crippen LogP contribution is 2.27. The Morgan fingerprint density at radius 2 is 1.69 bits per heavy atom. The van der Waals surface area contributed by atoms with Gasteiger partial charge in [0.1, 0.15) is 23.4 Å². The SMILES string of the molecule is CC(C)(C)OC(=O)N1CCN(c2ccc(NC(=O)c3cc(-c4ccc(Cl)c(Cl)c4)ncn3)cn2)CC1. The summed E-state index contributed by atoms with van der Waals surface area (Å²) in [7, 11) is 0. The molecule has 0 aliphatic carbocycles. The third-order valence-electron chi connectivity index (χ3n) is 5.38. The Kier molecular flexibility index (Phi) is 7.61. The Labute approximate surface area is 219 Å². The van der Waals surface area contributed by atoms with E-state index in [1.807, 2.05) is 26.8 Å². The van der Waals surface area contributed by atoms with Crippen molar-refractivity contribution in [2.45, 2.75) is 26.4 Å². The third kappa shape index (κ3) is 6.41. The van der Waals surface area contributed by atoms with Crippen LogP contribution < -0.4 is 10.2 Å². The van der Waals surface area contributed by atoms with Crippen LogP contribution in [0, 0.1) is 0 Å². The van der Waals surface area contributed by atoms with Gasteiger partial charge < -0.3 is 19.9 Å². The first kappa shape index (κ1) is 25.7. The summed E-state index contributed by atoms with van der Waals surface area (Å²) < 4.78 is 5.44. The van der Waals surface area contributed by atoms with Gasteiger partial charge >= 0.3 is 6.09 Å². The first-order chi connectivity index (χ1) is 17.1. The van der Waals surface area contributed by atoms with E-state index in [0.717, 1.165) is 11.4 Å². The van der Waals surface area contributed by atoms with Gasteiger partial charge in [-0.25, -0.2) is 19.7 Å². The number of rotatable bonds is 4. The maximum atomic E-state index is 12.8. The molecular formula is C25H26Cl2N6O3. The highest BCUT2D eigenvalue weighted by atomic mass is 35.5. The fourth-order valence-electron chi connectivity index (χ4n) is 3.58. The Morgan fingerprint density at radius 1 is 0.944 bits per heavy atom. The molecule has 0 atom stereocenters. The maximum Gasteiger partial charge on any atom is 0.410 e. The fourth-order valence-corrected chi connectivity index (χ4v) is 3.88. The summed E-state index contributed by atoms with van der Waals surface area (Å²) >= 11 is 12.1. The van der Waals surface area contributed by atoms with E-state index in [9.17, 15) is 9.59 Å². The Bertz CT molecular complexity index is 1260. The minimum absolute atomic E-state index is 0.202. The van der Waals surface area contributed by atoms with Crippen LogP contribution in [0.25, 0.3) is 11.3 Å². The largest absolute Gasteiger partial charge is 0.444 e. The van der Waals surface area contributed by atoms with Crippen molar-refractivity contribution < 1.29 is 14.3 Å². The lowest BCUT2D eigenvalue weighted by Gasteiger charge is -2.36. The van der Waals surface area contributed by atoms with Crippen molar-refractivity contribution in [3.8, 4) is 11.3 Å². The molecular weight excluding hydrogens is 503 g/mol. The zero-order valence-corrected chi connectivity index (χ0v) is 21.7. The molecule has 3 aromatic rings. The fraction of sp³-hybridized carbons (Fsp3) is 0.320. The van der Waals surface area contributed by atoms with E-state index in [1.165, 1.54) is 6.33 Å². The van der Waals surface area contributed by atoms with Crippen LogP contribution in [-0.2, 0) is 4.74 Å². The first-order valence-corrected chi connectivity index (χ1v) is 12.1. The van der Waals surface area contributed by atoms with Crippen molar-refractivity contribution in [1.82, 2.24) is 19.9 Å². The molecule has 0 bridgehead atoms. The van der Waals surface area contributed by atoms with E-state index >= 15 is 0 Å². The molecule has 2 amide bonds. The molecule has 36 heavy (non-hydrogen) atoms. The molecule has 0 radical (unpaired) electrons. The number of aromatic nitrogens is 3. The van der Waals surface area contributed by atoms with Crippen LogP contribution in [0.15, 0.2) is 48.9 Å². The van der Waals surface area contributed by atoms with Gasteiger partial charge in [-0.05, 0) is 51.1 Å². The second-order valence-electron chi connectivity index (χ2n) is 9.23. The first-order valence-electron chi connectivity index (χ1n) is 11.4. The van der Waals surface area contributed by atoms with E-state index in [4.69, 9.17) is 27.9 Å². The molecule has 9 nitrogen and oxygen atoms in total. The summed E-state index contributed by atoms with van der Waals surface area (Å²) in [6, 6.07) is 10.3. The molecule has 1 saturated heterocycles. The van der Waals surface area contributed by atoms with Gasteiger partial charge in [-0.1, -0.05) is 29.3 Å². The summed E-state index contributed by atoms with van der Waals surface area (Å²) in [6.07, 6.45) is 2.61. The standard InChI is InChI=1S/C25H26Cl2N6O3/c1-25(2,3)36-24(35)33-10-8-32(9-11-33)22-7-5-17(14-28-22)31-23(34)21-13-20(29-15-30-21)16-4-6-18(26)19(27)12-16/h4-7,12-15H,8-11H2,1-3H3,(H,31,34). The van der Waals surface area contributed by atoms with Crippen molar-refractivity contribution in [1.29, 1.82) is 0 Å². The summed E-state index contributed by atoms with van der Waals surface area (Å²) in [5, 5.41) is 3.64. The highest BCUT2D eigenvalue weighted by molar-refractivity contribution is 6.42. The monoisotopic (exact) mass is 528 g/mol. The Hall–Kier alpha value is -3.43. The van der Waals surface area contributed by atoms with E-state index in [1.54, 1.807) is 41.4 Å². The van der Waals surface area contributed by atoms with Crippen LogP contribution in [-0.4, -0.2) is 63.6 Å². The summed E-state index contributed by atoms with van der Waals surface area (Å²) in [4.78, 5) is 41.6. The van der Waals surface area contributed by atoms with Crippen molar-refractivity contribution in [2.24, 2.45) is 0 Å². The Morgan fingerprint density at radius 3 is 2.33 bits per heavy atom. The Balaban J connectivity index is 1.36. The second-order valence-corrected chi connectivity index (χ2v) is 10.0. The molecule has 1 N–H and O–H groups in total. The van der Waals surface area contributed by atoms with E-state index in [-0.39, 0.29) is 17.7 Å². The van der Waals surface area contributed by atoms with Gasteiger partial charge in [-0.3, -0.25) is 4.79 Å². The molecule has 3 heterocycles. The lowest BCUT2D eigenvalue weighted by atomic mass is 10.1. The third-order valence-corrected chi connectivity index (χ3v) is 6.12. The molecule has 1 aromatic carbocycles. The van der Waals surface area contributed by atoms with Gasteiger partial charge in [0.15, 0.2) is 0 Å². The second kappa shape index (κ2) is 10.7. The van der Waals surface area contributed by atoms with E-state index < -0.39 is 5.60 Å². The van der Waals surface area contributed by atoms with Crippen molar-refractivity contribution in [3.63, 3.8) is 0 Å². The smallest absolute Gasteiger partial charge is 0.410 e. The number of carbonyl (C=O) groups is 2. The van der Waals surface area contributed by atoms with Crippen molar-refractivity contribution in [2.75, 3.05) is 36.4 Å². The molecule has 0 spiro atoms. The van der Waals surface area contributed by atoms with Gasteiger partial charge in [-0.15, -0.1) is 0 Å². The number of hydrogen-bond donors (Lipinski definition) is 1. The summed E-state index contributed by atoms with van der Waals surface area (Å²) in [5.41, 5.74) is 1.48. The minimum Gasteiger partial charge on any atom is -0.444 e. The van der Waals surface area contributed by atoms with Crippen LogP contribution in [0.3, 0.4) is 0 Å². The van der Waals surface area contributed by atoms with Gasteiger partial charge in [0.2, 0.25) is 0 Å². The quantitative estimate of drug-likeness (QED) is 0.499. The number of hydrogen-bond acceptors (Lipinski definition) is 7. The molecule has 4 rings (SSSR count).